The van der Waals surface area contributed by atoms with Crippen LogP contribution in [0.15, 0.2) is 52.9 Å². The number of carbonyl (C=O) groups is 2. The zero-order valence-corrected chi connectivity index (χ0v) is 13.6. The number of anilines is 1. The number of furan rings is 1. The molecule has 0 saturated carbocycles. The molecule has 0 radical (unpaired) electrons. The molecule has 0 spiro atoms. The van der Waals surface area contributed by atoms with Gasteiger partial charge in [0.25, 0.3) is 0 Å². The van der Waals surface area contributed by atoms with Gasteiger partial charge in [0.2, 0.25) is 5.91 Å². The van der Waals surface area contributed by atoms with Crippen molar-refractivity contribution in [1.82, 2.24) is 0 Å². The molecule has 2 N–H and O–H groups in total. The van der Waals surface area contributed by atoms with Crippen molar-refractivity contribution < 1.29 is 24.0 Å². The van der Waals surface area contributed by atoms with Gasteiger partial charge in [0.15, 0.2) is 0 Å². The van der Waals surface area contributed by atoms with Crippen molar-refractivity contribution in [1.29, 1.82) is 0 Å². The minimum atomic E-state index is -1.24. The summed E-state index contributed by atoms with van der Waals surface area (Å²) in [7, 11) is 0. The highest BCUT2D eigenvalue weighted by Crippen LogP contribution is 2.40. The van der Waals surface area contributed by atoms with Crippen molar-refractivity contribution in [3.8, 4) is 11.1 Å². The van der Waals surface area contributed by atoms with Gasteiger partial charge in [-0.25, -0.2) is 0 Å². The number of carbonyl (C=O) groups excluding carboxylic acids is 1. The Labute approximate surface area is 147 Å². The fraction of sp³-hybridized carbons (Fsp3) is 0.111. The van der Waals surface area contributed by atoms with Crippen LogP contribution in [-0.2, 0) is 9.59 Å². The molecule has 8 nitrogen and oxygen atoms in total. The van der Waals surface area contributed by atoms with Gasteiger partial charge in [0, 0.05) is 11.1 Å². The molecule has 0 aliphatic heterocycles. The molecule has 3 rings (SSSR count). The summed E-state index contributed by atoms with van der Waals surface area (Å²) in [6.45, 7) is 1.27. The van der Waals surface area contributed by atoms with Gasteiger partial charge >= 0.3 is 11.9 Å². The number of hydrogen-bond donors (Lipinski definition) is 2. The number of hydrogen-bond acceptors (Lipinski definition) is 5. The number of carboxylic acid groups (broad SMARTS) is 1. The van der Waals surface area contributed by atoms with Crippen molar-refractivity contribution >= 4 is 34.4 Å². The zero-order valence-electron chi connectivity index (χ0n) is 13.6. The number of aliphatic carboxylic acids is 1. The second-order valence-corrected chi connectivity index (χ2v) is 5.67. The largest absolute Gasteiger partial charge is 0.481 e. The zero-order chi connectivity index (χ0) is 18.8. The summed E-state index contributed by atoms with van der Waals surface area (Å²) < 4.78 is 5.35. The van der Waals surface area contributed by atoms with Crippen LogP contribution in [0.1, 0.15) is 6.92 Å². The highest BCUT2D eigenvalue weighted by Gasteiger charge is 2.26. The number of carboxylic acids is 1. The Kier molecular flexibility index (Phi) is 4.40. The number of rotatable bonds is 5. The third-order valence-corrected chi connectivity index (χ3v) is 3.93. The molecular formula is C18H14N2O6. The summed E-state index contributed by atoms with van der Waals surface area (Å²) in [4.78, 5) is 33.6. The van der Waals surface area contributed by atoms with E-state index in [9.17, 15) is 19.7 Å². The van der Waals surface area contributed by atoms with Crippen LogP contribution in [0.3, 0.4) is 0 Å². The van der Waals surface area contributed by atoms with Crippen LogP contribution in [0.25, 0.3) is 22.1 Å². The van der Waals surface area contributed by atoms with Crippen molar-refractivity contribution in [2.24, 2.45) is 5.92 Å². The Balaban J connectivity index is 2.10. The fourth-order valence-corrected chi connectivity index (χ4v) is 2.54. The first-order valence-corrected chi connectivity index (χ1v) is 7.68. The van der Waals surface area contributed by atoms with E-state index in [1.54, 1.807) is 30.3 Å². The maximum absolute atomic E-state index is 11.9. The van der Waals surface area contributed by atoms with Gasteiger partial charge in [-0.2, -0.15) is 0 Å². The van der Waals surface area contributed by atoms with Gasteiger partial charge in [0.05, 0.1) is 0 Å². The topological polar surface area (TPSA) is 123 Å². The Morgan fingerprint density at radius 3 is 2.50 bits per heavy atom. The Morgan fingerprint density at radius 1 is 1.19 bits per heavy atom. The maximum Gasteiger partial charge on any atom is 0.442 e. The van der Waals surface area contributed by atoms with E-state index in [1.165, 1.54) is 25.1 Å². The average Bonchev–Trinajstić information content (AvgIpc) is 3.00. The molecule has 1 unspecified atom stereocenters. The molecule has 1 atom stereocenters. The number of benzene rings is 2. The lowest BCUT2D eigenvalue weighted by molar-refractivity contribution is -0.400. The highest BCUT2D eigenvalue weighted by molar-refractivity contribution is 6.06. The van der Waals surface area contributed by atoms with E-state index in [-0.39, 0.29) is 0 Å². The number of amides is 1. The summed E-state index contributed by atoms with van der Waals surface area (Å²) in [5.41, 5.74) is 1.51. The molecule has 0 fully saturated rings. The molecule has 132 valence electrons. The van der Waals surface area contributed by atoms with Gasteiger partial charge in [-0.1, -0.05) is 30.3 Å². The first kappa shape index (κ1) is 17.2. The Hall–Kier alpha value is -3.68. The van der Waals surface area contributed by atoms with E-state index in [0.29, 0.717) is 27.8 Å². The summed E-state index contributed by atoms with van der Waals surface area (Å²) in [6.07, 6.45) is 0. The highest BCUT2D eigenvalue weighted by atomic mass is 16.6. The standard InChI is InChI=1S/C18H14N2O6/c1-10(18(22)23)16(21)19-12-7-8-14-13(9-12)15(17(26-14)20(24)25)11-5-3-2-4-6-11/h2-10H,1H3,(H,19,21)(H,22,23). The first-order valence-electron chi connectivity index (χ1n) is 7.68. The molecule has 2 aromatic carbocycles. The van der Waals surface area contributed by atoms with Gasteiger partial charge < -0.3 is 14.8 Å². The van der Waals surface area contributed by atoms with Gasteiger partial charge in [0.1, 0.15) is 22.0 Å². The summed E-state index contributed by atoms with van der Waals surface area (Å²) >= 11 is 0. The van der Waals surface area contributed by atoms with E-state index >= 15 is 0 Å². The predicted molar refractivity (Wildman–Crippen MR) is 93.7 cm³/mol. The molecule has 1 heterocycles. The molecule has 8 heteroatoms. The Morgan fingerprint density at radius 2 is 1.88 bits per heavy atom. The summed E-state index contributed by atoms with van der Waals surface area (Å²) in [5.74, 6) is -3.55. The molecule has 0 aliphatic carbocycles. The van der Waals surface area contributed by atoms with Crippen molar-refractivity contribution in [2.75, 3.05) is 5.32 Å². The van der Waals surface area contributed by atoms with Crippen LogP contribution in [0.4, 0.5) is 11.6 Å². The van der Waals surface area contributed by atoms with Crippen molar-refractivity contribution in [3.05, 3.63) is 58.6 Å². The molecule has 0 aliphatic rings. The number of nitro groups is 1. The minimum Gasteiger partial charge on any atom is -0.481 e. The predicted octanol–water partition coefficient (Wildman–Crippen LogP) is 3.67. The molecule has 0 saturated heterocycles. The molecule has 3 aromatic rings. The number of fused-ring (bicyclic) bond motifs is 1. The average molecular weight is 354 g/mol. The molecule has 0 bridgehead atoms. The fourth-order valence-electron chi connectivity index (χ4n) is 2.54. The van der Waals surface area contributed by atoms with Crippen LogP contribution in [0.2, 0.25) is 0 Å². The van der Waals surface area contributed by atoms with Crippen LogP contribution < -0.4 is 5.32 Å². The lowest BCUT2D eigenvalue weighted by Crippen LogP contribution is -2.26. The van der Waals surface area contributed by atoms with E-state index in [4.69, 9.17) is 9.52 Å². The summed E-state index contributed by atoms with van der Waals surface area (Å²) in [6, 6.07) is 13.2. The van der Waals surface area contributed by atoms with Crippen LogP contribution >= 0.6 is 0 Å². The van der Waals surface area contributed by atoms with Gasteiger partial charge in [-0.3, -0.25) is 19.7 Å². The summed E-state index contributed by atoms with van der Waals surface area (Å²) in [5, 5.41) is 23.2. The second-order valence-electron chi connectivity index (χ2n) is 5.67. The van der Waals surface area contributed by atoms with Crippen molar-refractivity contribution in [2.45, 2.75) is 6.92 Å². The third kappa shape index (κ3) is 3.12. The lowest BCUT2D eigenvalue weighted by atomic mass is 10.0. The van der Waals surface area contributed by atoms with Crippen LogP contribution in [0.5, 0.6) is 0 Å². The normalized spacial score (nSPS) is 11.9. The molecule has 1 amide bonds. The molecule has 1 aromatic heterocycles. The quantitative estimate of drug-likeness (QED) is 0.409. The SMILES string of the molecule is CC(C(=O)O)C(=O)Nc1ccc2oc([N+](=O)[O-])c(-c3ccccc3)c2c1. The Bertz CT molecular complexity index is 1010. The number of nitrogens with zero attached hydrogens (tertiary/aromatic N) is 1. The van der Waals surface area contributed by atoms with E-state index in [2.05, 4.69) is 5.32 Å². The molecule has 26 heavy (non-hydrogen) atoms. The first-order chi connectivity index (χ1) is 12.4. The second kappa shape index (κ2) is 6.67. The monoisotopic (exact) mass is 354 g/mol. The van der Waals surface area contributed by atoms with E-state index in [1.807, 2.05) is 0 Å². The van der Waals surface area contributed by atoms with Crippen molar-refractivity contribution in [3.63, 3.8) is 0 Å². The smallest absolute Gasteiger partial charge is 0.442 e. The van der Waals surface area contributed by atoms with E-state index < -0.39 is 28.6 Å². The maximum atomic E-state index is 11.9. The molecular weight excluding hydrogens is 340 g/mol. The minimum absolute atomic E-state index is 0.292. The van der Waals surface area contributed by atoms with Crippen LogP contribution in [0, 0.1) is 16.0 Å². The van der Waals surface area contributed by atoms with Gasteiger partial charge in [-0.15, -0.1) is 0 Å². The van der Waals surface area contributed by atoms with E-state index in [0.717, 1.165) is 0 Å². The lowest BCUT2D eigenvalue weighted by Gasteiger charge is -2.08. The third-order valence-electron chi connectivity index (χ3n) is 3.93. The van der Waals surface area contributed by atoms with Crippen LogP contribution in [-0.4, -0.2) is 21.9 Å². The number of nitrogens with one attached hydrogen (secondary N) is 1. The van der Waals surface area contributed by atoms with Gasteiger partial charge in [-0.05, 0) is 30.7 Å².